The summed E-state index contributed by atoms with van der Waals surface area (Å²) in [4.78, 5) is 2.31. The molecule has 0 saturated carbocycles. The largest absolute Gasteiger partial charge is 0.456 e. The molecule has 0 radical (unpaired) electrons. The van der Waals surface area contributed by atoms with Crippen LogP contribution in [0.5, 0.6) is 0 Å². The Morgan fingerprint density at radius 3 is 1.34 bits per heavy atom. The Balaban J connectivity index is 0.907. The number of hydrogen-bond donors (Lipinski definition) is 0. The summed E-state index contributed by atoms with van der Waals surface area (Å²) in [6.07, 6.45) is 0. The monoisotopic (exact) mass is 715 g/mol. The molecule has 1 aromatic heterocycles. The minimum Gasteiger partial charge on any atom is -0.456 e. The zero-order valence-electron chi connectivity index (χ0n) is 30.7. The van der Waals surface area contributed by atoms with Gasteiger partial charge in [0.15, 0.2) is 0 Å². The number of benzene rings is 9. The number of rotatable bonds is 8. The first-order chi connectivity index (χ1) is 27.7. The molecule has 56 heavy (non-hydrogen) atoms. The third-order valence-electron chi connectivity index (χ3n) is 10.7. The maximum Gasteiger partial charge on any atom is 0.136 e. The molecule has 2 heteroatoms. The summed E-state index contributed by atoms with van der Waals surface area (Å²) in [5, 5.41) is 3.64. The number of anilines is 3. The van der Waals surface area contributed by atoms with E-state index in [9.17, 15) is 0 Å². The van der Waals surface area contributed by atoms with Crippen molar-refractivity contribution in [2.75, 3.05) is 4.90 Å². The van der Waals surface area contributed by atoms with Crippen molar-refractivity contribution >= 4 is 38.8 Å². The van der Waals surface area contributed by atoms with Crippen molar-refractivity contribution in [1.82, 2.24) is 0 Å². The highest BCUT2D eigenvalue weighted by molar-refractivity contribution is 5.97. The fourth-order valence-corrected chi connectivity index (χ4v) is 7.86. The van der Waals surface area contributed by atoms with Crippen LogP contribution >= 0.6 is 0 Å². The fraction of sp³-hybridized carbons (Fsp3) is 0. The standard InChI is InChI=1S/C54H37NO/c1-2-14-46(15-3-1)55(47-33-29-40(30-34-47)38-21-25-43(26-22-38)50-19-10-13-42-11-4-6-16-49(42)50)48-35-31-41(32-36-48)39-23-27-44(28-24-39)51-17-7-8-18-52(51)54-37-45-12-5-9-20-53(45)56-54/h1-37H. The Morgan fingerprint density at radius 2 is 0.714 bits per heavy atom. The van der Waals surface area contributed by atoms with E-state index >= 15 is 0 Å². The molecule has 264 valence electrons. The third kappa shape index (κ3) is 6.34. The molecule has 0 unspecified atom stereocenters. The molecule has 0 atom stereocenters. The summed E-state index contributed by atoms with van der Waals surface area (Å²) in [7, 11) is 0. The van der Waals surface area contributed by atoms with Crippen LogP contribution in [0.3, 0.4) is 0 Å². The smallest absolute Gasteiger partial charge is 0.136 e. The average molecular weight is 716 g/mol. The fourth-order valence-electron chi connectivity index (χ4n) is 7.86. The van der Waals surface area contributed by atoms with Gasteiger partial charge in [-0.05, 0) is 104 Å². The number of furan rings is 1. The van der Waals surface area contributed by atoms with Crippen LogP contribution in [0.15, 0.2) is 229 Å². The average Bonchev–Trinajstić information content (AvgIpc) is 3.72. The lowest BCUT2D eigenvalue weighted by Crippen LogP contribution is -2.09. The van der Waals surface area contributed by atoms with E-state index in [0.29, 0.717) is 0 Å². The van der Waals surface area contributed by atoms with E-state index in [1.54, 1.807) is 0 Å². The zero-order valence-corrected chi connectivity index (χ0v) is 30.7. The van der Waals surface area contributed by atoms with Crippen molar-refractivity contribution in [3.63, 3.8) is 0 Å². The SMILES string of the molecule is c1ccc(N(c2ccc(-c3ccc(-c4ccccc4-c4cc5ccccc5o4)cc3)cc2)c2ccc(-c3ccc(-c4cccc5ccccc45)cc3)cc2)cc1. The summed E-state index contributed by atoms with van der Waals surface area (Å²) >= 11 is 0. The van der Waals surface area contributed by atoms with Gasteiger partial charge in [0.25, 0.3) is 0 Å². The van der Waals surface area contributed by atoms with Crippen molar-refractivity contribution in [3.05, 3.63) is 224 Å². The molecule has 0 saturated heterocycles. The molecule has 9 aromatic carbocycles. The van der Waals surface area contributed by atoms with E-state index in [1.807, 2.05) is 18.2 Å². The quantitative estimate of drug-likeness (QED) is 0.156. The van der Waals surface area contributed by atoms with Crippen LogP contribution in [0.25, 0.3) is 77.6 Å². The van der Waals surface area contributed by atoms with Crippen molar-refractivity contribution in [1.29, 1.82) is 0 Å². The van der Waals surface area contributed by atoms with Gasteiger partial charge in [-0.25, -0.2) is 0 Å². The normalized spacial score (nSPS) is 11.2. The van der Waals surface area contributed by atoms with Crippen LogP contribution in [0.4, 0.5) is 17.1 Å². The topological polar surface area (TPSA) is 16.4 Å². The van der Waals surface area contributed by atoms with Crippen LogP contribution in [-0.4, -0.2) is 0 Å². The molecule has 2 nitrogen and oxygen atoms in total. The molecule has 10 rings (SSSR count). The Bertz CT molecular complexity index is 2890. The van der Waals surface area contributed by atoms with E-state index < -0.39 is 0 Å². The molecule has 0 amide bonds. The molecule has 0 spiro atoms. The summed E-state index contributed by atoms with van der Waals surface area (Å²) in [6, 6.07) is 79.9. The molecule has 0 aliphatic heterocycles. The minimum atomic E-state index is 0.880. The third-order valence-corrected chi connectivity index (χ3v) is 10.7. The van der Waals surface area contributed by atoms with E-state index in [-0.39, 0.29) is 0 Å². The summed E-state index contributed by atoms with van der Waals surface area (Å²) in [5.41, 5.74) is 14.8. The van der Waals surface area contributed by atoms with Gasteiger partial charge < -0.3 is 9.32 Å². The van der Waals surface area contributed by atoms with Crippen LogP contribution in [0.1, 0.15) is 0 Å². The van der Waals surface area contributed by atoms with Crippen molar-refractivity contribution in [2.24, 2.45) is 0 Å². The van der Waals surface area contributed by atoms with E-state index in [1.165, 1.54) is 44.2 Å². The maximum atomic E-state index is 6.25. The van der Waals surface area contributed by atoms with Gasteiger partial charge in [0.2, 0.25) is 0 Å². The highest BCUT2D eigenvalue weighted by Crippen LogP contribution is 2.39. The molecule has 0 fully saturated rings. The molecule has 0 bridgehead atoms. The zero-order chi connectivity index (χ0) is 37.3. The Hall–Kier alpha value is -7.42. The molecule has 0 N–H and O–H groups in total. The van der Waals surface area contributed by atoms with Crippen molar-refractivity contribution in [2.45, 2.75) is 0 Å². The highest BCUT2D eigenvalue weighted by atomic mass is 16.3. The number of para-hydroxylation sites is 2. The van der Waals surface area contributed by atoms with Gasteiger partial charge in [-0.2, -0.15) is 0 Å². The van der Waals surface area contributed by atoms with Gasteiger partial charge in [-0.1, -0.05) is 176 Å². The van der Waals surface area contributed by atoms with Gasteiger partial charge in [0.1, 0.15) is 11.3 Å². The van der Waals surface area contributed by atoms with Crippen LogP contribution < -0.4 is 4.90 Å². The van der Waals surface area contributed by atoms with Gasteiger partial charge in [0.05, 0.1) is 0 Å². The van der Waals surface area contributed by atoms with Crippen molar-refractivity contribution < 1.29 is 4.42 Å². The van der Waals surface area contributed by atoms with Crippen molar-refractivity contribution in [3.8, 4) is 55.8 Å². The minimum absolute atomic E-state index is 0.880. The summed E-state index contributed by atoms with van der Waals surface area (Å²) < 4.78 is 6.25. The molecule has 0 aliphatic carbocycles. The summed E-state index contributed by atoms with van der Waals surface area (Å²) in [6.45, 7) is 0. The predicted octanol–water partition coefficient (Wildman–Crippen LogP) is 15.4. The molecular formula is C54H37NO. The number of nitrogens with zero attached hydrogens (tertiary/aromatic N) is 1. The number of hydrogen-bond acceptors (Lipinski definition) is 2. The first kappa shape index (κ1) is 33.2. The molecule has 10 aromatic rings. The second-order valence-corrected chi connectivity index (χ2v) is 14.1. The van der Waals surface area contributed by atoms with Crippen LogP contribution in [0, 0.1) is 0 Å². The van der Waals surface area contributed by atoms with Gasteiger partial charge >= 0.3 is 0 Å². The lowest BCUT2D eigenvalue weighted by atomic mass is 9.95. The van der Waals surface area contributed by atoms with Gasteiger partial charge in [0, 0.05) is 28.0 Å². The Labute approximate surface area is 327 Å². The number of fused-ring (bicyclic) bond motifs is 2. The Kier molecular flexibility index (Phi) is 8.55. The van der Waals surface area contributed by atoms with E-state index in [4.69, 9.17) is 4.42 Å². The Morgan fingerprint density at radius 1 is 0.286 bits per heavy atom. The predicted molar refractivity (Wildman–Crippen MR) is 236 cm³/mol. The van der Waals surface area contributed by atoms with Gasteiger partial charge in [-0.15, -0.1) is 0 Å². The molecular weight excluding hydrogens is 679 g/mol. The second kappa shape index (κ2) is 14.4. The van der Waals surface area contributed by atoms with E-state index in [2.05, 4.69) is 211 Å². The first-order valence-corrected chi connectivity index (χ1v) is 19.1. The van der Waals surface area contributed by atoms with Gasteiger partial charge in [-0.3, -0.25) is 0 Å². The second-order valence-electron chi connectivity index (χ2n) is 14.1. The van der Waals surface area contributed by atoms with Crippen LogP contribution in [0.2, 0.25) is 0 Å². The highest BCUT2D eigenvalue weighted by Gasteiger charge is 2.15. The first-order valence-electron chi connectivity index (χ1n) is 19.1. The van der Waals surface area contributed by atoms with E-state index in [0.717, 1.165) is 50.5 Å². The summed E-state index contributed by atoms with van der Waals surface area (Å²) in [5.74, 6) is 0.880. The lowest BCUT2D eigenvalue weighted by Gasteiger charge is -2.26. The molecule has 0 aliphatic rings. The van der Waals surface area contributed by atoms with Crippen LogP contribution in [-0.2, 0) is 0 Å². The lowest BCUT2D eigenvalue weighted by molar-refractivity contribution is 0.632. The maximum absolute atomic E-state index is 6.25. The molecule has 1 heterocycles.